The van der Waals surface area contributed by atoms with Gasteiger partial charge in [-0.2, -0.15) is 0 Å². The van der Waals surface area contributed by atoms with E-state index in [0.717, 1.165) is 0 Å². The Hall–Kier alpha value is -1.96. The summed E-state index contributed by atoms with van der Waals surface area (Å²) >= 11 is 6.20. The number of hydrogen-bond acceptors (Lipinski definition) is 6. The standard InChI is InChI=1S/C18H31ClN2O6/c1-12(2)14(22)25-10-8-18(5,17(3,4)27-16(21)24)13(11-19)7-6-9-26-15(20)23/h13H,1,6-11H2,2-5H3,(H2,20,23)(H2,21,24). The van der Waals surface area contributed by atoms with Crippen LogP contribution in [0, 0.1) is 11.3 Å². The lowest BCUT2D eigenvalue weighted by Gasteiger charge is -2.48. The van der Waals surface area contributed by atoms with Crippen LogP contribution in [-0.2, 0) is 19.0 Å². The van der Waals surface area contributed by atoms with Crippen LogP contribution < -0.4 is 11.5 Å². The van der Waals surface area contributed by atoms with E-state index in [2.05, 4.69) is 6.58 Å². The van der Waals surface area contributed by atoms with Gasteiger partial charge in [-0.05, 0) is 46.0 Å². The molecule has 2 atom stereocenters. The molecule has 2 unspecified atom stereocenters. The van der Waals surface area contributed by atoms with E-state index in [0.29, 0.717) is 24.8 Å². The van der Waals surface area contributed by atoms with Gasteiger partial charge in [0.15, 0.2) is 0 Å². The molecule has 0 bridgehead atoms. The average Bonchev–Trinajstić information content (AvgIpc) is 2.52. The highest BCUT2D eigenvalue weighted by molar-refractivity contribution is 6.18. The molecule has 0 saturated carbocycles. The van der Waals surface area contributed by atoms with Crippen molar-refractivity contribution < 1.29 is 28.6 Å². The number of carbonyl (C=O) groups excluding carboxylic acids is 3. The summed E-state index contributed by atoms with van der Waals surface area (Å²) in [5, 5.41) is 0. The normalized spacial score (nSPS) is 14.6. The molecule has 9 heteroatoms. The summed E-state index contributed by atoms with van der Waals surface area (Å²) in [5.74, 6) is -0.385. The van der Waals surface area contributed by atoms with Crippen molar-refractivity contribution in [2.75, 3.05) is 19.1 Å². The first-order valence-corrected chi connectivity index (χ1v) is 9.20. The Morgan fingerprint density at radius 1 is 1.07 bits per heavy atom. The summed E-state index contributed by atoms with van der Waals surface area (Å²) in [4.78, 5) is 33.7. The second kappa shape index (κ2) is 11.0. The van der Waals surface area contributed by atoms with Gasteiger partial charge in [0.1, 0.15) is 5.60 Å². The third-order valence-corrected chi connectivity index (χ3v) is 5.34. The largest absolute Gasteiger partial charge is 0.462 e. The molecule has 0 radical (unpaired) electrons. The maximum atomic E-state index is 11.7. The molecule has 0 aliphatic heterocycles. The molecule has 0 heterocycles. The van der Waals surface area contributed by atoms with Crippen molar-refractivity contribution in [2.24, 2.45) is 22.8 Å². The van der Waals surface area contributed by atoms with Crippen LogP contribution in [0.4, 0.5) is 9.59 Å². The van der Waals surface area contributed by atoms with Crippen molar-refractivity contribution >= 4 is 29.8 Å². The Labute approximate surface area is 165 Å². The van der Waals surface area contributed by atoms with Crippen molar-refractivity contribution in [1.29, 1.82) is 0 Å². The Bertz CT molecular complexity index is 552. The van der Waals surface area contributed by atoms with Gasteiger partial charge in [-0.3, -0.25) is 0 Å². The third-order valence-electron chi connectivity index (χ3n) is 4.96. The number of rotatable bonds is 12. The number of carbonyl (C=O) groups is 3. The number of amides is 2. The molecule has 4 N–H and O–H groups in total. The van der Waals surface area contributed by atoms with Crippen LogP contribution in [0.15, 0.2) is 12.2 Å². The quantitative estimate of drug-likeness (QED) is 0.168. The number of alkyl halides is 1. The summed E-state index contributed by atoms with van der Waals surface area (Å²) in [6.45, 7) is 10.7. The number of primary amides is 2. The number of nitrogens with two attached hydrogens (primary N) is 2. The average molecular weight is 407 g/mol. The first-order valence-electron chi connectivity index (χ1n) is 8.66. The first kappa shape index (κ1) is 25.0. The molecular weight excluding hydrogens is 376 g/mol. The van der Waals surface area contributed by atoms with Gasteiger partial charge in [0.05, 0.1) is 13.2 Å². The molecule has 0 aromatic rings. The summed E-state index contributed by atoms with van der Waals surface area (Å²) in [5.41, 5.74) is 8.81. The van der Waals surface area contributed by atoms with Crippen molar-refractivity contribution in [2.45, 2.75) is 52.6 Å². The van der Waals surface area contributed by atoms with Gasteiger partial charge in [-0.1, -0.05) is 13.5 Å². The van der Waals surface area contributed by atoms with Gasteiger partial charge >= 0.3 is 18.2 Å². The molecule has 27 heavy (non-hydrogen) atoms. The minimum atomic E-state index is -0.988. The zero-order valence-electron chi connectivity index (χ0n) is 16.5. The Kier molecular flexibility index (Phi) is 10.2. The van der Waals surface area contributed by atoms with Gasteiger partial charge in [-0.25, -0.2) is 14.4 Å². The summed E-state index contributed by atoms with van der Waals surface area (Å²) in [7, 11) is 0. The molecule has 0 rings (SSSR count). The maximum Gasteiger partial charge on any atom is 0.405 e. The van der Waals surface area contributed by atoms with Crippen molar-refractivity contribution in [3.8, 4) is 0 Å². The maximum absolute atomic E-state index is 11.7. The lowest BCUT2D eigenvalue weighted by Crippen LogP contribution is -2.51. The molecular formula is C18H31ClN2O6. The SMILES string of the molecule is C=C(C)C(=O)OCCC(C)(C(CCl)CCCOC(N)=O)C(C)(C)OC(N)=O. The highest BCUT2D eigenvalue weighted by atomic mass is 35.5. The lowest BCUT2D eigenvalue weighted by molar-refractivity contribution is -0.143. The minimum absolute atomic E-state index is 0.0962. The van der Waals surface area contributed by atoms with Crippen LogP contribution in [0.2, 0.25) is 0 Å². The smallest absolute Gasteiger partial charge is 0.405 e. The Balaban J connectivity index is 5.33. The Morgan fingerprint density at radius 3 is 2.11 bits per heavy atom. The van der Waals surface area contributed by atoms with E-state index < -0.39 is 29.2 Å². The van der Waals surface area contributed by atoms with Crippen molar-refractivity contribution in [3.63, 3.8) is 0 Å². The van der Waals surface area contributed by atoms with E-state index in [9.17, 15) is 14.4 Å². The molecule has 8 nitrogen and oxygen atoms in total. The van der Waals surface area contributed by atoms with E-state index in [1.54, 1.807) is 20.8 Å². The number of esters is 1. The third kappa shape index (κ3) is 8.07. The fraction of sp³-hybridized carbons (Fsp3) is 0.722. The lowest BCUT2D eigenvalue weighted by atomic mass is 9.63. The summed E-state index contributed by atoms with van der Waals surface area (Å²) in [6, 6.07) is 0. The molecule has 0 aliphatic carbocycles. The van der Waals surface area contributed by atoms with E-state index in [-0.39, 0.29) is 25.0 Å². The molecule has 2 amide bonds. The van der Waals surface area contributed by atoms with E-state index in [1.807, 2.05) is 6.92 Å². The van der Waals surface area contributed by atoms with Gasteiger partial charge < -0.3 is 25.7 Å². The first-order chi connectivity index (χ1) is 12.4. The molecule has 156 valence electrons. The van der Waals surface area contributed by atoms with Gasteiger partial charge in [0.2, 0.25) is 0 Å². The monoisotopic (exact) mass is 406 g/mol. The van der Waals surface area contributed by atoms with Crippen LogP contribution in [0.1, 0.15) is 47.0 Å². The number of hydrogen-bond donors (Lipinski definition) is 2. The molecule has 0 aromatic carbocycles. The highest BCUT2D eigenvalue weighted by Crippen LogP contribution is 2.46. The van der Waals surface area contributed by atoms with E-state index in [1.165, 1.54) is 0 Å². The predicted octanol–water partition coefficient (Wildman–Crippen LogP) is 3.11. The summed E-state index contributed by atoms with van der Waals surface area (Å²) in [6.07, 6.45) is -0.276. The highest BCUT2D eigenvalue weighted by Gasteiger charge is 2.48. The van der Waals surface area contributed by atoms with E-state index in [4.69, 9.17) is 37.3 Å². The molecule has 0 saturated heterocycles. The summed E-state index contributed by atoms with van der Waals surface area (Å²) < 4.78 is 15.3. The molecule has 0 spiro atoms. The fourth-order valence-electron chi connectivity index (χ4n) is 2.91. The number of halogens is 1. The van der Waals surface area contributed by atoms with Crippen LogP contribution in [0.3, 0.4) is 0 Å². The zero-order chi connectivity index (χ0) is 21.3. The topological polar surface area (TPSA) is 131 Å². The van der Waals surface area contributed by atoms with Crippen LogP contribution in [0.5, 0.6) is 0 Å². The number of ether oxygens (including phenoxy) is 3. The van der Waals surface area contributed by atoms with Crippen molar-refractivity contribution in [1.82, 2.24) is 0 Å². The van der Waals surface area contributed by atoms with Crippen LogP contribution in [-0.4, -0.2) is 42.9 Å². The van der Waals surface area contributed by atoms with Gasteiger partial charge in [-0.15, -0.1) is 11.6 Å². The van der Waals surface area contributed by atoms with Crippen LogP contribution in [0.25, 0.3) is 0 Å². The zero-order valence-corrected chi connectivity index (χ0v) is 17.3. The molecule has 0 aliphatic rings. The molecule has 0 aromatic heterocycles. The van der Waals surface area contributed by atoms with Gasteiger partial charge in [0.25, 0.3) is 0 Å². The minimum Gasteiger partial charge on any atom is -0.462 e. The van der Waals surface area contributed by atoms with Gasteiger partial charge in [0, 0.05) is 16.9 Å². The van der Waals surface area contributed by atoms with E-state index >= 15 is 0 Å². The second-order valence-corrected chi connectivity index (χ2v) is 7.48. The second-order valence-electron chi connectivity index (χ2n) is 7.18. The van der Waals surface area contributed by atoms with Crippen molar-refractivity contribution in [3.05, 3.63) is 12.2 Å². The van der Waals surface area contributed by atoms with Crippen LogP contribution >= 0.6 is 11.6 Å². The Morgan fingerprint density at radius 2 is 1.67 bits per heavy atom. The molecule has 0 fully saturated rings. The fourth-order valence-corrected chi connectivity index (χ4v) is 3.41. The predicted molar refractivity (Wildman–Crippen MR) is 102 cm³/mol.